The van der Waals surface area contributed by atoms with E-state index < -0.39 is 0 Å². The maximum Gasteiger partial charge on any atom is 0.220 e. The van der Waals surface area contributed by atoms with Gasteiger partial charge in [-0.25, -0.2) is 0 Å². The fourth-order valence-corrected chi connectivity index (χ4v) is 2.41. The molecule has 0 atom stereocenters. The summed E-state index contributed by atoms with van der Waals surface area (Å²) in [5.41, 5.74) is -0.215. The monoisotopic (exact) mass is 298 g/mol. The number of guanidine groups is 1. The number of rotatable bonds is 5. The predicted octanol–water partition coefficient (Wildman–Crippen LogP) is 0.835. The summed E-state index contributed by atoms with van der Waals surface area (Å²) in [6.45, 7) is 6.68. The Bertz CT molecular complexity index is 361. The van der Waals surface area contributed by atoms with Gasteiger partial charge in [-0.1, -0.05) is 0 Å². The summed E-state index contributed by atoms with van der Waals surface area (Å²) < 4.78 is 5.41. The molecule has 2 N–H and O–H groups in total. The molecule has 6 nitrogen and oxygen atoms in total. The van der Waals surface area contributed by atoms with Crippen molar-refractivity contribution in [1.82, 2.24) is 15.5 Å². The normalized spacial score (nSPS) is 17.8. The van der Waals surface area contributed by atoms with Crippen molar-refractivity contribution in [3.8, 4) is 0 Å². The fourth-order valence-electron chi connectivity index (χ4n) is 2.41. The van der Waals surface area contributed by atoms with Crippen molar-refractivity contribution < 1.29 is 9.53 Å². The average molecular weight is 298 g/mol. The number of methoxy groups -OCH3 is 1. The van der Waals surface area contributed by atoms with Crippen LogP contribution in [-0.4, -0.2) is 63.2 Å². The van der Waals surface area contributed by atoms with Crippen LogP contribution in [0.2, 0.25) is 0 Å². The molecule has 1 aliphatic rings. The predicted molar refractivity (Wildman–Crippen MR) is 85.4 cm³/mol. The van der Waals surface area contributed by atoms with Crippen molar-refractivity contribution in [2.45, 2.75) is 38.7 Å². The highest BCUT2D eigenvalue weighted by molar-refractivity contribution is 5.80. The number of hydrogen-bond donors (Lipinski definition) is 2. The molecule has 1 heterocycles. The molecule has 1 amide bonds. The Labute approximate surface area is 128 Å². The Morgan fingerprint density at radius 3 is 2.48 bits per heavy atom. The molecule has 0 unspecified atom stereocenters. The van der Waals surface area contributed by atoms with Gasteiger partial charge in [0.25, 0.3) is 0 Å². The highest BCUT2D eigenvalue weighted by Crippen LogP contribution is 2.20. The molecule has 6 heteroatoms. The number of likely N-dealkylation sites (tertiary alicyclic amines) is 1. The van der Waals surface area contributed by atoms with Crippen molar-refractivity contribution in [3.05, 3.63) is 0 Å². The van der Waals surface area contributed by atoms with Crippen molar-refractivity contribution in [2.24, 2.45) is 10.9 Å². The second kappa shape index (κ2) is 8.22. The van der Waals surface area contributed by atoms with Gasteiger partial charge in [-0.15, -0.1) is 0 Å². The molecule has 0 aromatic carbocycles. The van der Waals surface area contributed by atoms with Crippen LogP contribution in [-0.2, 0) is 9.53 Å². The third kappa shape index (κ3) is 5.91. The lowest BCUT2D eigenvalue weighted by atomic mass is 9.93. The molecule has 0 radical (unpaired) electrons. The lowest BCUT2D eigenvalue weighted by molar-refractivity contribution is -0.121. The molecule has 122 valence electrons. The first kappa shape index (κ1) is 17.8. The minimum atomic E-state index is -0.215. The van der Waals surface area contributed by atoms with Gasteiger partial charge in [-0.3, -0.25) is 9.79 Å². The Morgan fingerprint density at radius 1 is 1.38 bits per heavy atom. The Morgan fingerprint density at radius 2 is 2.00 bits per heavy atom. The van der Waals surface area contributed by atoms with Gasteiger partial charge in [0.1, 0.15) is 0 Å². The summed E-state index contributed by atoms with van der Waals surface area (Å²) in [5, 5.41) is 6.07. The number of carbonyl (C=O) groups excluding carboxylic acids is 1. The van der Waals surface area contributed by atoms with Crippen LogP contribution in [0.1, 0.15) is 33.1 Å². The van der Waals surface area contributed by atoms with Crippen molar-refractivity contribution in [1.29, 1.82) is 0 Å². The van der Waals surface area contributed by atoms with Crippen molar-refractivity contribution in [2.75, 3.05) is 40.8 Å². The molecule has 1 aliphatic heterocycles. The van der Waals surface area contributed by atoms with E-state index in [4.69, 9.17) is 4.74 Å². The van der Waals surface area contributed by atoms with Crippen LogP contribution in [0.4, 0.5) is 0 Å². The standard InChI is InChI=1S/C15H30N4O2/c1-15(2,21-5)11-18-14(17-4)19-8-6-12(7-9-19)10-13(20)16-3/h12H,6-11H2,1-5H3,(H,16,20)(H,17,18). The Balaban J connectivity index is 2.42. The highest BCUT2D eigenvalue weighted by atomic mass is 16.5. The second-order valence-corrected chi connectivity index (χ2v) is 6.17. The smallest absolute Gasteiger partial charge is 0.220 e. The topological polar surface area (TPSA) is 66.0 Å². The minimum absolute atomic E-state index is 0.137. The number of ether oxygens (including phenoxy) is 1. The zero-order chi connectivity index (χ0) is 15.9. The number of nitrogens with zero attached hydrogens (tertiary/aromatic N) is 2. The van der Waals surface area contributed by atoms with E-state index in [1.165, 1.54) is 0 Å². The SMILES string of the molecule is CN=C(NCC(C)(C)OC)N1CCC(CC(=O)NC)CC1. The molecule has 21 heavy (non-hydrogen) atoms. The zero-order valence-corrected chi connectivity index (χ0v) is 14.0. The van der Waals surface area contributed by atoms with E-state index in [0.29, 0.717) is 18.9 Å². The van der Waals surface area contributed by atoms with Gasteiger partial charge >= 0.3 is 0 Å². The molecule has 1 fully saturated rings. The maximum atomic E-state index is 11.4. The first-order valence-electron chi connectivity index (χ1n) is 7.63. The van der Waals surface area contributed by atoms with Crippen LogP contribution in [0.3, 0.4) is 0 Å². The summed E-state index contributed by atoms with van der Waals surface area (Å²) in [7, 11) is 5.22. The van der Waals surface area contributed by atoms with E-state index in [2.05, 4.69) is 20.5 Å². The molecule has 1 saturated heterocycles. The highest BCUT2D eigenvalue weighted by Gasteiger charge is 2.24. The van der Waals surface area contributed by atoms with Crippen LogP contribution in [0, 0.1) is 5.92 Å². The van der Waals surface area contributed by atoms with Gasteiger partial charge in [0.2, 0.25) is 5.91 Å². The van der Waals surface area contributed by atoms with E-state index in [-0.39, 0.29) is 11.5 Å². The molecular weight excluding hydrogens is 268 g/mol. The van der Waals surface area contributed by atoms with Gasteiger partial charge in [0, 0.05) is 47.3 Å². The minimum Gasteiger partial charge on any atom is -0.377 e. The Kier molecular flexibility index (Phi) is 6.95. The number of amides is 1. The Hall–Kier alpha value is -1.30. The average Bonchev–Trinajstić information content (AvgIpc) is 2.49. The molecule has 0 aliphatic carbocycles. The maximum absolute atomic E-state index is 11.4. The lowest BCUT2D eigenvalue weighted by Crippen LogP contribution is -2.49. The quantitative estimate of drug-likeness (QED) is 0.583. The van der Waals surface area contributed by atoms with E-state index in [1.807, 2.05) is 13.8 Å². The van der Waals surface area contributed by atoms with E-state index in [9.17, 15) is 4.79 Å². The summed E-state index contributed by atoms with van der Waals surface area (Å²) in [6.07, 6.45) is 2.69. The summed E-state index contributed by atoms with van der Waals surface area (Å²) in [5.74, 6) is 1.53. The van der Waals surface area contributed by atoms with E-state index >= 15 is 0 Å². The molecule has 0 bridgehead atoms. The van der Waals surface area contributed by atoms with Gasteiger partial charge in [0.05, 0.1) is 5.60 Å². The molecule has 1 rings (SSSR count). The molecule has 0 saturated carbocycles. The summed E-state index contributed by atoms with van der Waals surface area (Å²) >= 11 is 0. The third-order valence-electron chi connectivity index (χ3n) is 4.10. The van der Waals surface area contributed by atoms with Crippen molar-refractivity contribution >= 4 is 11.9 Å². The fraction of sp³-hybridized carbons (Fsp3) is 0.867. The number of piperidine rings is 1. The first-order valence-corrected chi connectivity index (χ1v) is 7.63. The molecular formula is C15H30N4O2. The zero-order valence-electron chi connectivity index (χ0n) is 14.0. The number of nitrogens with one attached hydrogen (secondary N) is 2. The largest absolute Gasteiger partial charge is 0.377 e. The number of carbonyl (C=O) groups is 1. The van der Waals surface area contributed by atoms with E-state index in [0.717, 1.165) is 31.9 Å². The van der Waals surface area contributed by atoms with Crippen LogP contribution in [0.25, 0.3) is 0 Å². The van der Waals surface area contributed by atoms with Crippen molar-refractivity contribution in [3.63, 3.8) is 0 Å². The number of hydrogen-bond acceptors (Lipinski definition) is 3. The van der Waals surface area contributed by atoms with Crippen LogP contribution in [0.15, 0.2) is 4.99 Å². The number of aliphatic imine (C=N–C) groups is 1. The first-order chi connectivity index (χ1) is 9.91. The molecule has 0 spiro atoms. The van der Waals surface area contributed by atoms with Crippen LogP contribution >= 0.6 is 0 Å². The second-order valence-electron chi connectivity index (χ2n) is 6.17. The van der Waals surface area contributed by atoms with Gasteiger partial charge < -0.3 is 20.3 Å². The molecule has 0 aromatic rings. The van der Waals surface area contributed by atoms with Gasteiger partial charge in [-0.2, -0.15) is 0 Å². The van der Waals surface area contributed by atoms with Crippen LogP contribution < -0.4 is 10.6 Å². The van der Waals surface area contributed by atoms with E-state index in [1.54, 1.807) is 21.2 Å². The van der Waals surface area contributed by atoms with Crippen LogP contribution in [0.5, 0.6) is 0 Å². The lowest BCUT2D eigenvalue weighted by Gasteiger charge is -2.35. The summed E-state index contributed by atoms with van der Waals surface area (Å²) in [4.78, 5) is 18.0. The van der Waals surface area contributed by atoms with Gasteiger partial charge in [-0.05, 0) is 32.6 Å². The van der Waals surface area contributed by atoms with Gasteiger partial charge in [0.15, 0.2) is 5.96 Å². The third-order valence-corrected chi connectivity index (χ3v) is 4.10. The summed E-state index contributed by atoms with van der Waals surface area (Å²) in [6, 6.07) is 0. The molecule has 0 aromatic heterocycles.